The summed E-state index contributed by atoms with van der Waals surface area (Å²) in [7, 11) is 0. The molecule has 1 aliphatic carbocycles. The molecule has 0 bridgehead atoms. The van der Waals surface area contributed by atoms with E-state index in [1.807, 2.05) is 32.1 Å². The second-order valence-corrected chi connectivity index (χ2v) is 2.53. The van der Waals surface area contributed by atoms with Crippen LogP contribution in [-0.2, 0) is 9.53 Å². The molecule has 0 fully saturated rings. The van der Waals surface area contributed by atoms with Gasteiger partial charge in [0, 0.05) is 0 Å². The maximum absolute atomic E-state index is 11.1. The Morgan fingerprint density at radius 1 is 1.73 bits per heavy atom. The average molecular weight is 152 g/mol. The summed E-state index contributed by atoms with van der Waals surface area (Å²) in [6, 6.07) is 0. The van der Waals surface area contributed by atoms with Crippen LogP contribution in [0.5, 0.6) is 0 Å². The minimum atomic E-state index is -0.144. The van der Waals surface area contributed by atoms with E-state index >= 15 is 0 Å². The Morgan fingerprint density at radius 2 is 2.45 bits per heavy atom. The number of carbonyl (C=O) groups is 1. The van der Waals surface area contributed by atoms with Crippen LogP contribution in [0.1, 0.15) is 13.8 Å². The van der Waals surface area contributed by atoms with E-state index in [2.05, 4.69) is 0 Å². The van der Waals surface area contributed by atoms with Crippen molar-refractivity contribution in [2.75, 3.05) is 6.61 Å². The Kier molecular flexibility index (Phi) is 2.47. The van der Waals surface area contributed by atoms with Gasteiger partial charge in [-0.05, 0) is 13.8 Å². The zero-order valence-electron chi connectivity index (χ0n) is 6.83. The highest BCUT2D eigenvalue weighted by atomic mass is 16.5. The van der Waals surface area contributed by atoms with Gasteiger partial charge in [-0.3, -0.25) is 4.79 Å². The van der Waals surface area contributed by atoms with Gasteiger partial charge in [0.1, 0.15) is 0 Å². The molecule has 0 saturated heterocycles. The average Bonchev–Trinajstić information content (AvgIpc) is 2.36. The second kappa shape index (κ2) is 3.37. The molecule has 0 N–H and O–H groups in total. The van der Waals surface area contributed by atoms with Gasteiger partial charge in [-0.25, -0.2) is 0 Å². The Bertz CT molecular complexity index is 214. The molecule has 0 heterocycles. The van der Waals surface area contributed by atoms with Crippen LogP contribution in [0.15, 0.2) is 23.8 Å². The summed E-state index contributed by atoms with van der Waals surface area (Å²) in [5.74, 6) is -0.273. The molecule has 1 aliphatic rings. The maximum atomic E-state index is 11.1. The van der Waals surface area contributed by atoms with Crippen molar-refractivity contribution in [1.82, 2.24) is 0 Å². The molecule has 60 valence electrons. The number of allylic oxidation sites excluding steroid dienone is 2. The van der Waals surface area contributed by atoms with Gasteiger partial charge < -0.3 is 4.74 Å². The van der Waals surface area contributed by atoms with Crippen LogP contribution < -0.4 is 0 Å². The molecular formula is C9H12O2. The molecule has 0 saturated carbocycles. The van der Waals surface area contributed by atoms with Gasteiger partial charge >= 0.3 is 5.97 Å². The van der Waals surface area contributed by atoms with Gasteiger partial charge in [0.05, 0.1) is 12.5 Å². The fourth-order valence-electron chi connectivity index (χ4n) is 1.07. The molecule has 11 heavy (non-hydrogen) atoms. The Labute approximate surface area is 66.5 Å². The van der Waals surface area contributed by atoms with Crippen LogP contribution in [0.2, 0.25) is 0 Å². The van der Waals surface area contributed by atoms with Crippen molar-refractivity contribution in [3.05, 3.63) is 23.8 Å². The van der Waals surface area contributed by atoms with Crippen LogP contribution in [0.25, 0.3) is 0 Å². The highest BCUT2D eigenvalue weighted by Gasteiger charge is 2.20. The Balaban J connectivity index is 2.55. The lowest BCUT2D eigenvalue weighted by Crippen LogP contribution is -2.15. The molecule has 1 rings (SSSR count). The SMILES string of the molecule is CCOC(=O)C1C=CC=C1C. The summed E-state index contributed by atoms with van der Waals surface area (Å²) < 4.78 is 4.87. The second-order valence-electron chi connectivity index (χ2n) is 2.53. The van der Waals surface area contributed by atoms with E-state index in [-0.39, 0.29) is 11.9 Å². The first-order valence-electron chi connectivity index (χ1n) is 3.77. The first-order chi connectivity index (χ1) is 5.25. The van der Waals surface area contributed by atoms with Crippen molar-refractivity contribution < 1.29 is 9.53 Å². The van der Waals surface area contributed by atoms with Crippen LogP contribution >= 0.6 is 0 Å². The van der Waals surface area contributed by atoms with E-state index < -0.39 is 0 Å². The van der Waals surface area contributed by atoms with Gasteiger partial charge in [-0.1, -0.05) is 23.8 Å². The standard InChI is InChI=1S/C9H12O2/c1-3-11-9(10)8-6-4-5-7(8)2/h4-6,8H,3H2,1-2H3. The van der Waals surface area contributed by atoms with Crippen molar-refractivity contribution >= 4 is 5.97 Å². The molecule has 0 spiro atoms. The summed E-state index contributed by atoms with van der Waals surface area (Å²) in [5, 5.41) is 0. The molecule has 1 unspecified atom stereocenters. The number of ether oxygens (including phenoxy) is 1. The van der Waals surface area contributed by atoms with Crippen LogP contribution in [0, 0.1) is 5.92 Å². The molecule has 2 nitrogen and oxygen atoms in total. The predicted octanol–water partition coefficient (Wildman–Crippen LogP) is 1.68. The zero-order chi connectivity index (χ0) is 8.27. The number of hydrogen-bond acceptors (Lipinski definition) is 2. The topological polar surface area (TPSA) is 26.3 Å². The summed E-state index contributed by atoms with van der Waals surface area (Å²) >= 11 is 0. The third kappa shape index (κ3) is 1.70. The molecule has 0 amide bonds. The highest BCUT2D eigenvalue weighted by Crippen LogP contribution is 2.19. The van der Waals surface area contributed by atoms with Crippen LogP contribution in [-0.4, -0.2) is 12.6 Å². The number of carbonyl (C=O) groups excluding carboxylic acids is 1. The Morgan fingerprint density at radius 3 is 2.91 bits per heavy atom. The van der Waals surface area contributed by atoms with E-state index in [1.54, 1.807) is 0 Å². The minimum absolute atomic E-state index is 0.130. The van der Waals surface area contributed by atoms with Gasteiger partial charge in [-0.15, -0.1) is 0 Å². The molecule has 1 atom stereocenters. The first-order valence-corrected chi connectivity index (χ1v) is 3.77. The first kappa shape index (κ1) is 8.05. The molecule has 0 aromatic heterocycles. The third-order valence-electron chi connectivity index (χ3n) is 1.69. The smallest absolute Gasteiger partial charge is 0.316 e. The molecule has 0 aromatic rings. The zero-order valence-corrected chi connectivity index (χ0v) is 6.83. The summed E-state index contributed by atoms with van der Waals surface area (Å²) in [6.45, 7) is 4.20. The fourth-order valence-corrected chi connectivity index (χ4v) is 1.07. The summed E-state index contributed by atoms with van der Waals surface area (Å²) in [6.07, 6.45) is 5.67. The molecule has 0 radical (unpaired) electrons. The molecule has 0 aromatic carbocycles. The van der Waals surface area contributed by atoms with E-state index in [1.165, 1.54) is 0 Å². The van der Waals surface area contributed by atoms with E-state index in [0.717, 1.165) is 5.57 Å². The number of rotatable bonds is 2. The van der Waals surface area contributed by atoms with Gasteiger partial charge in [0.15, 0.2) is 0 Å². The molecule has 0 aliphatic heterocycles. The van der Waals surface area contributed by atoms with Gasteiger partial charge in [0.2, 0.25) is 0 Å². The lowest BCUT2D eigenvalue weighted by atomic mass is 10.1. The summed E-state index contributed by atoms with van der Waals surface area (Å²) in [4.78, 5) is 11.1. The van der Waals surface area contributed by atoms with Crippen molar-refractivity contribution in [2.45, 2.75) is 13.8 Å². The lowest BCUT2D eigenvalue weighted by Gasteiger charge is -2.07. The fraction of sp³-hybridized carbons (Fsp3) is 0.444. The summed E-state index contributed by atoms with van der Waals surface area (Å²) in [5.41, 5.74) is 1.06. The monoisotopic (exact) mass is 152 g/mol. The Hall–Kier alpha value is -1.05. The minimum Gasteiger partial charge on any atom is -0.465 e. The van der Waals surface area contributed by atoms with E-state index in [9.17, 15) is 4.79 Å². The van der Waals surface area contributed by atoms with Crippen molar-refractivity contribution in [1.29, 1.82) is 0 Å². The quantitative estimate of drug-likeness (QED) is 0.563. The van der Waals surface area contributed by atoms with Crippen LogP contribution in [0.3, 0.4) is 0 Å². The number of hydrogen-bond donors (Lipinski definition) is 0. The van der Waals surface area contributed by atoms with Crippen LogP contribution in [0.4, 0.5) is 0 Å². The van der Waals surface area contributed by atoms with Crippen molar-refractivity contribution in [2.24, 2.45) is 5.92 Å². The van der Waals surface area contributed by atoms with Gasteiger partial charge in [0.25, 0.3) is 0 Å². The van der Waals surface area contributed by atoms with Crippen molar-refractivity contribution in [3.8, 4) is 0 Å². The lowest BCUT2D eigenvalue weighted by molar-refractivity contribution is -0.145. The number of esters is 1. The maximum Gasteiger partial charge on any atom is 0.316 e. The normalized spacial score (nSPS) is 21.6. The largest absolute Gasteiger partial charge is 0.465 e. The molecule has 2 heteroatoms. The molecular weight excluding hydrogens is 140 g/mol. The van der Waals surface area contributed by atoms with Gasteiger partial charge in [-0.2, -0.15) is 0 Å². The van der Waals surface area contributed by atoms with E-state index in [0.29, 0.717) is 6.61 Å². The highest BCUT2D eigenvalue weighted by molar-refractivity contribution is 5.79. The van der Waals surface area contributed by atoms with E-state index in [4.69, 9.17) is 4.74 Å². The predicted molar refractivity (Wildman–Crippen MR) is 43.0 cm³/mol. The van der Waals surface area contributed by atoms with Crippen molar-refractivity contribution in [3.63, 3.8) is 0 Å². The third-order valence-corrected chi connectivity index (χ3v) is 1.69.